The van der Waals surface area contributed by atoms with Crippen molar-refractivity contribution < 1.29 is 13.6 Å². The van der Waals surface area contributed by atoms with Gasteiger partial charge in [0.2, 0.25) is 0 Å². The standard InChI is InChI=1S/C22H20ClF2N3O/c23-13-4-9-16-19(10-11-26-20(16)12-13)27-14-5-7-15(8-6-14)28-22(29)17-2-1-3-18(24)21(17)25/h1-4,9-12,14-15H,5-8H2,(H,26,27)(H,28,29)/t14-,15+. The molecule has 2 aromatic carbocycles. The highest BCUT2D eigenvalue weighted by Crippen LogP contribution is 2.28. The largest absolute Gasteiger partial charge is 0.382 e. The molecule has 0 spiro atoms. The lowest BCUT2D eigenvalue weighted by Crippen LogP contribution is -2.40. The van der Waals surface area contributed by atoms with Crippen LogP contribution in [0.4, 0.5) is 14.5 Å². The molecule has 150 valence electrons. The van der Waals surface area contributed by atoms with Gasteiger partial charge in [-0.3, -0.25) is 9.78 Å². The van der Waals surface area contributed by atoms with E-state index in [1.807, 2.05) is 24.3 Å². The van der Waals surface area contributed by atoms with Crippen LogP contribution in [0.25, 0.3) is 10.9 Å². The number of carbonyl (C=O) groups is 1. The first-order chi connectivity index (χ1) is 14.0. The average Bonchev–Trinajstić information content (AvgIpc) is 2.71. The Morgan fingerprint density at radius 1 is 1.03 bits per heavy atom. The molecule has 29 heavy (non-hydrogen) atoms. The van der Waals surface area contributed by atoms with E-state index in [0.717, 1.165) is 48.3 Å². The number of amides is 1. The van der Waals surface area contributed by atoms with Crippen LogP contribution in [0.15, 0.2) is 48.7 Å². The summed E-state index contributed by atoms with van der Waals surface area (Å²) in [4.78, 5) is 16.6. The minimum absolute atomic E-state index is 0.0591. The van der Waals surface area contributed by atoms with E-state index in [1.54, 1.807) is 6.20 Å². The molecule has 0 unspecified atom stereocenters. The van der Waals surface area contributed by atoms with Crippen molar-refractivity contribution in [1.29, 1.82) is 0 Å². The van der Waals surface area contributed by atoms with Gasteiger partial charge in [-0.15, -0.1) is 0 Å². The molecule has 1 aromatic heterocycles. The molecule has 7 heteroatoms. The summed E-state index contributed by atoms with van der Waals surface area (Å²) in [6, 6.07) is 11.4. The Morgan fingerprint density at radius 3 is 2.59 bits per heavy atom. The van der Waals surface area contributed by atoms with E-state index in [2.05, 4.69) is 15.6 Å². The van der Waals surface area contributed by atoms with E-state index in [9.17, 15) is 13.6 Å². The number of rotatable bonds is 4. The number of hydrogen-bond donors (Lipinski definition) is 2. The molecule has 3 aromatic rings. The van der Waals surface area contributed by atoms with Gasteiger partial charge >= 0.3 is 0 Å². The summed E-state index contributed by atoms with van der Waals surface area (Å²) in [6.45, 7) is 0. The van der Waals surface area contributed by atoms with Gasteiger partial charge in [-0.2, -0.15) is 0 Å². The molecule has 1 saturated carbocycles. The third-order valence-electron chi connectivity index (χ3n) is 5.32. The average molecular weight is 416 g/mol. The Kier molecular flexibility index (Phi) is 5.62. The van der Waals surface area contributed by atoms with Crippen LogP contribution in [0.1, 0.15) is 36.0 Å². The molecule has 0 radical (unpaired) electrons. The predicted octanol–water partition coefficient (Wildman–Crippen LogP) is 5.32. The molecule has 1 heterocycles. The van der Waals surface area contributed by atoms with Gasteiger partial charge in [0.05, 0.1) is 11.1 Å². The lowest BCUT2D eigenvalue weighted by molar-refractivity contribution is 0.0921. The summed E-state index contributed by atoms with van der Waals surface area (Å²) in [6.07, 6.45) is 4.98. The zero-order valence-electron chi connectivity index (χ0n) is 15.6. The second kappa shape index (κ2) is 8.33. The van der Waals surface area contributed by atoms with E-state index in [-0.39, 0.29) is 17.6 Å². The second-order valence-corrected chi connectivity index (χ2v) is 7.72. The van der Waals surface area contributed by atoms with E-state index in [1.165, 1.54) is 12.1 Å². The van der Waals surface area contributed by atoms with Crippen LogP contribution in [0.3, 0.4) is 0 Å². The van der Waals surface area contributed by atoms with Crippen molar-refractivity contribution in [2.75, 3.05) is 5.32 Å². The number of nitrogens with zero attached hydrogens (tertiary/aromatic N) is 1. The molecule has 1 aliphatic rings. The smallest absolute Gasteiger partial charge is 0.254 e. The fourth-order valence-corrected chi connectivity index (χ4v) is 3.96. The van der Waals surface area contributed by atoms with Crippen molar-refractivity contribution in [3.63, 3.8) is 0 Å². The normalized spacial score (nSPS) is 19.1. The number of carbonyl (C=O) groups excluding carboxylic acids is 1. The number of aromatic nitrogens is 1. The lowest BCUT2D eigenvalue weighted by Gasteiger charge is -2.30. The number of fused-ring (bicyclic) bond motifs is 1. The van der Waals surface area contributed by atoms with Crippen LogP contribution in [-0.4, -0.2) is 23.0 Å². The highest BCUT2D eigenvalue weighted by molar-refractivity contribution is 6.31. The van der Waals surface area contributed by atoms with Gasteiger partial charge in [-0.05, 0) is 62.1 Å². The summed E-state index contributed by atoms with van der Waals surface area (Å²) in [7, 11) is 0. The highest BCUT2D eigenvalue weighted by Gasteiger charge is 2.24. The second-order valence-electron chi connectivity index (χ2n) is 7.29. The summed E-state index contributed by atoms with van der Waals surface area (Å²) >= 11 is 6.04. The maximum absolute atomic E-state index is 13.8. The number of hydrogen-bond acceptors (Lipinski definition) is 3. The third-order valence-corrected chi connectivity index (χ3v) is 5.56. The van der Waals surface area contributed by atoms with Crippen LogP contribution >= 0.6 is 11.6 Å². The number of pyridine rings is 1. The van der Waals surface area contributed by atoms with Crippen molar-refractivity contribution >= 4 is 34.1 Å². The lowest BCUT2D eigenvalue weighted by atomic mass is 9.90. The van der Waals surface area contributed by atoms with Gasteiger partial charge in [0, 0.05) is 34.4 Å². The Balaban J connectivity index is 1.36. The Morgan fingerprint density at radius 2 is 1.79 bits per heavy atom. The summed E-state index contributed by atoms with van der Waals surface area (Å²) < 4.78 is 27.1. The molecule has 2 N–H and O–H groups in total. The molecule has 0 saturated heterocycles. The summed E-state index contributed by atoms with van der Waals surface area (Å²) in [5, 5.41) is 8.04. The Labute approximate surface area is 172 Å². The predicted molar refractivity (Wildman–Crippen MR) is 110 cm³/mol. The van der Waals surface area contributed by atoms with Crippen molar-refractivity contribution in [2.45, 2.75) is 37.8 Å². The van der Waals surface area contributed by atoms with Gasteiger partial charge in [-0.1, -0.05) is 17.7 Å². The molecule has 4 rings (SSSR count). The van der Waals surface area contributed by atoms with Crippen LogP contribution in [0, 0.1) is 11.6 Å². The zero-order valence-corrected chi connectivity index (χ0v) is 16.3. The van der Waals surface area contributed by atoms with Crippen molar-refractivity contribution in [2.24, 2.45) is 0 Å². The minimum atomic E-state index is -1.11. The topological polar surface area (TPSA) is 54.0 Å². The van der Waals surface area contributed by atoms with Crippen LogP contribution in [-0.2, 0) is 0 Å². The number of anilines is 1. The first-order valence-corrected chi connectivity index (χ1v) is 9.95. The fraction of sp³-hybridized carbons (Fsp3) is 0.273. The number of nitrogens with one attached hydrogen (secondary N) is 2. The van der Waals surface area contributed by atoms with E-state index in [4.69, 9.17) is 11.6 Å². The summed E-state index contributed by atoms with van der Waals surface area (Å²) in [5.74, 6) is -2.70. The number of benzene rings is 2. The molecule has 0 atom stereocenters. The number of halogens is 3. The molecule has 1 fully saturated rings. The van der Waals surface area contributed by atoms with Crippen molar-refractivity contribution in [3.8, 4) is 0 Å². The SMILES string of the molecule is O=C(N[C@H]1CC[C@@H](Nc2ccnc3cc(Cl)ccc23)CC1)c1cccc(F)c1F. The third kappa shape index (κ3) is 4.32. The first kappa shape index (κ1) is 19.6. The maximum atomic E-state index is 13.8. The molecular formula is C22H20ClF2N3O. The van der Waals surface area contributed by atoms with Gasteiger partial charge in [0.25, 0.3) is 5.91 Å². The fourth-order valence-electron chi connectivity index (χ4n) is 3.79. The molecule has 0 aliphatic heterocycles. The minimum Gasteiger partial charge on any atom is -0.382 e. The molecule has 0 bridgehead atoms. The van der Waals surface area contributed by atoms with Crippen LogP contribution in [0.2, 0.25) is 5.02 Å². The van der Waals surface area contributed by atoms with E-state index >= 15 is 0 Å². The van der Waals surface area contributed by atoms with Gasteiger partial charge in [-0.25, -0.2) is 8.78 Å². The first-order valence-electron chi connectivity index (χ1n) is 9.57. The van der Waals surface area contributed by atoms with Crippen LogP contribution in [0.5, 0.6) is 0 Å². The maximum Gasteiger partial charge on any atom is 0.254 e. The molecule has 4 nitrogen and oxygen atoms in total. The van der Waals surface area contributed by atoms with E-state index < -0.39 is 17.5 Å². The monoisotopic (exact) mass is 415 g/mol. The summed E-state index contributed by atoms with van der Waals surface area (Å²) in [5.41, 5.74) is 1.58. The van der Waals surface area contributed by atoms with Gasteiger partial charge in [0.1, 0.15) is 0 Å². The van der Waals surface area contributed by atoms with Crippen molar-refractivity contribution in [3.05, 3.63) is 70.9 Å². The van der Waals surface area contributed by atoms with E-state index in [0.29, 0.717) is 5.02 Å². The highest BCUT2D eigenvalue weighted by atomic mass is 35.5. The Hall–Kier alpha value is -2.73. The molecule has 1 aliphatic carbocycles. The molecule has 1 amide bonds. The molecular weight excluding hydrogens is 396 g/mol. The Bertz CT molecular complexity index is 1050. The van der Waals surface area contributed by atoms with Crippen LogP contribution < -0.4 is 10.6 Å². The van der Waals surface area contributed by atoms with Gasteiger partial charge in [0.15, 0.2) is 11.6 Å². The van der Waals surface area contributed by atoms with Gasteiger partial charge < -0.3 is 10.6 Å². The quantitative estimate of drug-likeness (QED) is 0.606. The zero-order chi connectivity index (χ0) is 20.4. The van der Waals surface area contributed by atoms with Crippen molar-refractivity contribution in [1.82, 2.24) is 10.3 Å².